The molecule has 0 bridgehead atoms. The van der Waals surface area contributed by atoms with E-state index in [1.165, 1.54) is 10.5 Å². The SMILES string of the molecule is CC(C)=CCCN(CCO)Cc1cccs1. The van der Waals surface area contributed by atoms with E-state index in [-0.39, 0.29) is 6.61 Å². The van der Waals surface area contributed by atoms with E-state index in [1.54, 1.807) is 11.3 Å². The highest BCUT2D eigenvalue weighted by molar-refractivity contribution is 7.09. The fourth-order valence-electron chi connectivity index (χ4n) is 1.57. The fraction of sp³-hybridized carbons (Fsp3) is 0.538. The summed E-state index contributed by atoms with van der Waals surface area (Å²) >= 11 is 1.78. The van der Waals surface area contributed by atoms with Gasteiger partial charge in [0.2, 0.25) is 0 Å². The maximum absolute atomic E-state index is 9.02. The number of allylic oxidation sites excluding steroid dienone is 1. The van der Waals surface area contributed by atoms with Crippen LogP contribution < -0.4 is 0 Å². The summed E-state index contributed by atoms with van der Waals surface area (Å²) in [7, 11) is 0. The molecule has 0 radical (unpaired) electrons. The highest BCUT2D eigenvalue weighted by atomic mass is 32.1. The van der Waals surface area contributed by atoms with Crippen LogP contribution in [0.3, 0.4) is 0 Å². The lowest BCUT2D eigenvalue weighted by Crippen LogP contribution is -2.27. The first kappa shape index (κ1) is 13.4. The van der Waals surface area contributed by atoms with E-state index in [1.807, 2.05) is 0 Å². The topological polar surface area (TPSA) is 23.5 Å². The number of rotatable bonds is 7. The number of hydrogen-bond acceptors (Lipinski definition) is 3. The molecule has 0 fully saturated rings. The van der Waals surface area contributed by atoms with E-state index in [9.17, 15) is 0 Å². The molecule has 0 aliphatic carbocycles. The minimum atomic E-state index is 0.236. The van der Waals surface area contributed by atoms with Crippen LogP contribution in [0, 0.1) is 0 Å². The quantitative estimate of drug-likeness (QED) is 0.740. The molecule has 1 rings (SSSR count). The molecule has 1 aromatic heterocycles. The van der Waals surface area contributed by atoms with Crippen LogP contribution in [0.5, 0.6) is 0 Å². The molecular formula is C13H21NOS. The first-order valence-electron chi connectivity index (χ1n) is 5.71. The van der Waals surface area contributed by atoms with Crippen LogP contribution in [-0.4, -0.2) is 29.7 Å². The number of aliphatic hydroxyl groups excluding tert-OH is 1. The van der Waals surface area contributed by atoms with Gasteiger partial charge < -0.3 is 5.11 Å². The average molecular weight is 239 g/mol. The molecule has 1 N–H and O–H groups in total. The standard InChI is InChI=1S/C13H21NOS/c1-12(2)5-3-7-14(8-9-15)11-13-6-4-10-16-13/h4-6,10,15H,3,7-9,11H2,1-2H3. The van der Waals surface area contributed by atoms with Crippen molar-refractivity contribution in [3.05, 3.63) is 34.0 Å². The van der Waals surface area contributed by atoms with E-state index in [2.05, 4.69) is 42.3 Å². The molecule has 0 aliphatic rings. The van der Waals surface area contributed by atoms with Crippen LogP contribution in [0.25, 0.3) is 0 Å². The Morgan fingerprint density at radius 3 is 2.81 bits per heavy atom. The first-order valence-corrected chi connectivity index (χ1v) is 6.59. The summed E-state index contributed by atoms with van der Waals surface area (Å²) in [4.78, 5) is 3.66. The Kier molecular flexibility index (Phi) is 6.38. The van der Waals surface area contributed by atoms with E-state index in [0.29, 0.717) is 0 Å². The number of aliphatic hydroxyl groups is 1. The van der Waals surface area contributed by atoms with Crippen LogP contribution in [0.15, 0.2) is 29.2 Å². The van der Waals surface area contributed by atoms with E-state index < -0.39 is 0 Å². The molecular weight excluding hydrogens is 218 g/mol. The maximum Gasteiger partial charge on any atom is 0.0558 e. The highest BCUT2D eigenvalue weighted by Crippen LogP contribution is 2.12. The molecule has 0 unspecified atom stereocenters. The fourth-order valence-corrected chi connectivity index (χ4v) is 2.32. The predicted molar refractivity (Wildman–Crippen MR) is 70.7 cm³/mol. The third-order valence-electron chi connectivity index (χ3n) is 2.37. The Morgan fingerprint density at radius 1 is 1.44 bits per heavy atom. The van der Waals surface area contributed by atoms with Gasteiger partial charge in [0.1, 0.15) is 0 Å². The lowest BCUT2D eigenvalue weighted by molar-refractivity contribution is 0.193. The van der Waals surface area contributed by atoms with Crippen LogP contribution >= 0.6 is 11.3 Å². The zero-order chi connectivity index (χ0) is 11.8. The van der Waals surface area contributed by atoms with Gasteiger partial charge in [-0.25, -0.2) is 0 Å². The van der Waals surface area contributed by atoms with Gasteiger partial charge in [0.05, 0.1) is 6.61 Å². The highest BCUT2D eigenvalue weighted by Gasteiger charge is 2.04. The van der Waals surface area contributed by atoms with E-state index >= 15 is 0 Å². The summed E-state index contributed by atoms with van der Waals surface area (Å²) in [6, 6.07) is 4.23. The van der Waals surface area contributed by atoms with Gasteiger partial charge >= 0.3 is 0 Å². The van der Waals surface area contributed by atoms with E-state index in [4.69, 9.17) is 5.11 Å². The Balaban J connectivity index is 2.38. The van der Waals surface area contributed by atoms with Gasteiger partial charge in [-0.1, -0.05) is 17.7 Å². The normalized spacial score (nSPS) is 10.8. The van der Waals surface area contributed by atoms with Crippen LogP contribution in [-0.2, 0) is 6.54 Å². The molecule has 3 heteroatoms. The summed E-state index contributed by atoms with van der Waals surface area (Å²) in [5, 5.41) is 11.1. The second-order valence-electron chi connectivity index (χ2n) is 4.15. The summed E-state index contributed by atoms with van der Waals surface area (Å²) < 4.78 is 0. The maximum atomic E-state index is 9.02. The van der Waals surface area contributed by atoms with Crippen LogP contribution in [0.2, 0.25) is 0 Å². The Hall–Kier alpha value is -0.640. The lowest BCUT2D eigenvalue weighted by atomic mass is 10.2. The van der Waals surface area contributed by atoms with Gasteiger partial charge in [0.25, 0.3) is 0 Å². The largest absolute Gasteiger partial charge is 0.395 e. The van der Waals surface area contributed by atoms with Crippen molar-refractivity contribution in [2.24, 2.45) is 0 Å². The van der Waals surface area contributed by atoms with Gasteiger partial charge in [-0.15, -0.1) is 11.3 Å². The third kappa shape index (κ3) is 5.45. The number of hydrogen-bond donors (Lipinski definition) is 1. The van der Waals surface area contributed by atoms with Crippen molar-refractivity contribution in [2.75, 3.05) is 19.7 Å². The molecule has 0 saturated heterocycles. The van der Waals surface area contributed by atoms with Crippen LogP contribution in [0.4, 0.5) is 0 Å². The molecule has 0 saturated carbocycles. The Morgan fingerprint density at radius 2 is 2.25 bits per heavy atom. The average Bonchev–Trinajstić information content (AvgIpc) is 2.70. The second kappa shape index (κ2) is 7.60. The summed E-state index contributed by atoms with van der Waals surface area (Å²) in [5.74, 6) is 0. The van der Waals surface area contributed by atoms with Crippen molar-refractivity contribution in [3.63, 3.8) is 0 Å². The second-order valence-corrected chi connectivity index (χ2v) is 5.18. The molecule has 0 aromatic carbocycles. The van der Waals surface area contributed by atoms with Gasteiger partial charge in [0, 0.05) is 24.5 Å². The molecule has 16 heavy (non-hydrogen) atoms. The van der Waals surface area contributed by atoms with Gasteiger partial charge in [-0.05, 0) is 31.7 Å². The Labute approximate surface area is 102 Å². The predicted octanol–water partition coefficient (Wildman–Crippen LogP) is 2.90. The van der Waals surface area contributed by atoms with Gasteiger partial charge in [-0.3, -0.25) is 4.90 Å². The molecule has 0 amide bonds. The molecule has 1 aromatic rings. The van der Waals surface area contributed by atoms with Crippen molar-refractivity contribution < 1.29 is 5.11 Å². The molecule has 0 atom stereocenters. The third-order valence-corrected chi connectivity index (χ3v) is 3.23. The van der Waals surface area contributed by atoms with E-state index in [0.717, 1.165) is 26.1 Å². The smallest absolute Gasteiger partial charge is 0.0558 e. The first-order chi connectivity index (χ1) is 7.72. The monoisotopic (exact) mass is 239 g/mol. The van der Waals surface area contributed by atoms with Crippen molar-refractivity contribution in [1.82, 2.24) is 4.90 Å². The molecule has 0 spiro atoms. The number of nitrogens with zero attached hydrogens (tertiary/aromatic N) is 1. The summed E-state index contributed by atoms with van der Waals surface area (Å²) in [6.45, 7) is 7.21. The molecule has 2 nitrogen and oxygen atoms in total. The van der Waals surface area contributed by atoms with Crippen molar-refractivity contribution in [3.8, 4) is 0 Å². The van der Waals surface area contributed by atoms with Crippen molar-refractivity contribution in [1.29, 1.82) is 0 Å². The zero-order valence-electron chi connectivity index (χ0n) is 10.1. The van der Waals surface area contributed by atoms with Crippen LogP contribution in [0.1, 0.15) is 25.1 Å². The van der Waals surface area contributed by atoms with Gasteiger partial charge in [0.15, 0.2) is 0 Å². The minimum Gasteiger partial charge on any atom is -0.395 e. The molecule has 1 heterocycles. The zero-order valence-corrected chi connectivity index (χ0v) is 11.0. The van der Waals surface area contributed by atoms with Crippen molar-refractivity contribution in [2.45, 2.75) is 26.8 Å². The summed E-state index contributed by atoms with van der Waals surface area (Å²) in [5.41, 5.74) is 1.36. The summed E-state index contributed by atoms with van der Waals surface area (Å²) in [6.07, 6.45) is 3.31. The number of thiophene rings is 1. The molecule has 90 valence electrons. The minimum absolute atomic E-state index is 0.236. The molecule has 0 aliphatic heterocycles. The van der Waals surface area contributed by atoms with Gasteiger partial charge in [-0.2, -0.15) is 0 Å². The lowest BCUT2D eigenvalue weighted by Gasteiger charge is -2.19. The Bertz CT molecular complexity index is 302. The van der Waals surface area contributed by atoms with Crippen molar-refractivity contribution >= 4 is 11.3 Å².